The number of nitrogens with zero attached hydrogens (tertiary/aromatic N) is 4. The number of hydrogen-bond acceptors (Lipinski definition) is 5. The van der Waals surface area contributed by atoms with Crippen LogP contribution in [0.25, 0.3) is 22.3 Å². The topological polar surface area (TPSA) is 77.6 Å². The second kappa shape index (κ2) is 5.33. The summed E-state index contributed by atoms with van der Waals surface area (Å²) in [6.45, 7) is 6.51. The summed E-state index contributed by atoms with van der Waals surface area (Å²) < 4.78 is 0. The Bertz CT molecular complexity index is 812. The van der Waals surface area contributed by atoms with Gasteiger partial charge in [0.2, 0.25) is 0 Å². The molecule has 0 atom stereocenters. The molecule has 3 aromatic heterocycles. The van der Waals surface area contributed by atoms with E-state index in [2.05, 4.69) is 40.7 Å². The van der Waals surface area contributed by atoms with E-state index in [0.717, 1.165) is 28.5 Å². The van der Waals surface area contributed by atoms with Crippen LogP contribution >= 0.6 is 0 Å². The van der Waals surface area contributed by atoms with Crippen molar-refractivity contribution in [3.8, 4) is 11.4 Å². The third-order valence-corrected chi connectivity index (χ3v) is 4.19. The first-order valence-electron chi connectivity index (χ1n) is 7.35. The van der Waals surface area contributed by atoms with Gasteiger partial charge in [0.05, 0.1) is 11.7 Å². The van der Waals surface area contributed by atoms with Gasteiger partial charge in [-0.2, -0.15) is 0 Å². The van der Waals surface area contributed by atoms with E-state index < -0.39 is 0 Å². The van der Waals surface area contributed by atoms with Crippen LogP contribution in [0, 0.1) is 0 Å². The largest absolute Gasteiger partial charge is 0.383 e. The second-order valence-corrected chi connectivity index (χ2v) is 5.99. The summed E-state index contributed by atoms with van der Waals surface area (Å²) in [7, 11) is 0. The Labute approximate surface area is 129 Å². The van der Waals surface area contributed by atoms with Crippen molar-refractivity contribution in [2.24, 2.45) is 0 Å². The third-order valence-electron chi connectivity index (χ3n) is 4.19. The van der Waals surface area contributed by atoms with Gasteiger partial charge >= 0.3 is 0 Å². The van der Waals surface area contributed by atoms with Crippen LogP contribution < -0.4 is 5.73 Å². The van der Waals surface area contributed by atoms with Gasteiger partial charge in [-0.15, -0.1) is 0 Å². The molecule has 0 bridgehead atoms. The lowest BCUT2D eigenvalue weighted by atomic mass is 9.81. The zero-order valence-corrected chi connectivity index (χ0v) is 13.0. The maximum atomic E-state index is 6.25. The minimum absolute atomic E-state index is 0.0256. The van der Waals surface area contributed by atoms with Gasteiger partial charge in [0.25, 0.3) is 0 Å². The molecule has 112 valence electrons. The van der Waals surface area contributed by atoms with Crippen LogP contribution in [0.4, 0.5) is 5.82 Å². The molecule has 5 heteroatoms. The highest BCUT2D eigenvalue weighted by Crippen LogP contribution is 2.34. The molecule has 0 aliphatic heterocycles. The zero-order valence-electron chi connectivity index (χ0n) is 13.0. The van der Waals surface area contributed by atoms with E-state index in [0.29, 0.717) is 11.6 Å². The summed E-state index contributed by atoms with van der Waals surface area (Å²) in [5.41, 5.74) is 8.98. The smallest absolute Gasteiger partial charge is 0.162 e. The van der Waals surface area contributed by atoms with Gasteiger partial charge in [-0.05, 0) is 29.5 Å². The molecule has 0 fully saturated rings. The van der Waals surface area contributed by atoms with E-state index >= 15 is 0 Å². The van der Waals surface area contributed by atoms with Crippen LogP contribution in [0.15, 0.2) is 36.9 Å². The van der Waals surface area contributed by atoms with Crippen LogP contribution in [0.1, 0.15) is 32.8 Å². The zero-order chi connectivity index (χ0) is 15.7. The fraction of sp³-hybridized carbons (Fsp3) is 0.294. The molecule has 3 aromatic rings. The number of hydrogen-bond donors (Lipinski definition) is 1. The lowest BCUT2D eigenvalue weighted by Gasteiger charge is -2.24. The molecule has 3 rings (SSSR count). The second-order valence-electron chi connectivity index (χ2n) is 5.99. The molecule has 5 nitrogen and oxygen atoms in total. The summed E-state index contributed by atoms with van der Waals surface area (Å²) in [6, 6.07) is 3.74. The van der Waals surface area contributed by atoms with E-state index in [-0.39, 0.29) is 5.41 Å². The molecular weight excluding hydrogens is 274 g/mol. The lowest BCUT2D eigenvalue weighted by molar-refractivity contribution is 0.509. The highest BCUT2D eigenvalue weighted by molar-refractivity contribution is 5.92. The molecule has 0 aliphatic carbocycles. The van der Waals surface area contributed by atoms with E-state index in [1.54, 1.807) is 18.6 Å². The lowest BCUT2D eigenvalue weighted by Crippen LogP contribution is -2.17. The summed E-state index contributed by atoms with van der Waals surface area (Å²) in [5.74, 6) is 1.09. The fourth-order valence-electron chi connectivity index (χ4n) is 2.45. The maximum absolute atomic E-state index is 6.25. The van der Waals surface area contributed by atoms with E-state index in [1.165, 1.54) is 0 Å². The molecule has 0 aromatic carbocycles. The minimum atomic E-state index is -0.0256. The maximum Gasteiger partial charge on any atom is 0.162 e. The monoisotopic (exact) mass is 293 g/mol. The van der Waals surface area contributed by atoms with Crippen molar-refractivity contribution in [1.29, 1.82) is 0 Å². The number of aromatic nitrogens is 4. The number of fused-ring (bicyclic) bond motifs is 1. The number of nitrogens with two attached hydrogens (primary N) is 1. The summed E-state index contributed by atoms with van der Waals surface area (Å²) >= 11 is 0. The molecule has 0 aliphatic rings. The van der Waals surface area contributed by atoms with Gasteiger partial charge < -0.3 is 5.73 Å². The van der Waals surface area contributed by atoms with Crippen LogP contribution in [0.3, 0.4) is 0 Å². The predicted octanol–water partition coefficient (Wildman–Crippen LogP) is 3.36. The van der Waals surface area contributed by atoms with Gasteiger partial charge in [-0.25, -0.2) is 9.97 Å². The van der Waals surface area contributed by atoms with E-state index in [4.69, 9.17) is 5.73 Å². The third kappa shape index (κ3) is 2.39. The Kier molecular flexibility index (Phi) is 3.48. The fourth-order valence-corrected chi connectivity index (χ4v) is 2.45. The molecule has 0 spiro atoms. The normalized spacial score (nSPS) is 11.8. The summed E-state index contributed by atoms with van der Waals surface area (Å²) in [5, 5.41) is 0.902. The highest BCUT2D eigenvalue weighted by atomic mass is 15.0. The van der Waals surface area contributed by atoms with Crippen LogP contribution in [-0.4, -0.2) is 19.9 Å². The molecule has 0 unspecified atom stereocenters. The standard InChI is InChI=1S/C17H19N5/c1-4-17(2,3)12-9-20-10-13-14(12)15(18)22-16(21-13)11-5-7-19-8-6-11/h5-10H,4H2,1-3H3,(H2,18,21,22). The molecule has 0 saturated carbocycles. The molecule has 0 radical (unpaired) electrons. The van der Waals surface area contributed by atoms with Crippen molar-refractivity contribution >= 4 is 16.7 Å². The van der Waals surface area contributed by atoms with Gasteiger partial charge in [0.1, 0.15) is 5.82 Å². The van der Waals surface area contributed by atoms with Crippen molar-refractivity contribution < 1.29 is 0 Å². The first-order chi connectivity index (χ1) is 10.5. The number of anilines is 1. The number of nitrogen functional groups attached to an aromatic ring is 1. The van der Waals surface area contributed by atoms with Gasteiger partial charge in [0.15, 0.2) is 5.82 Å². The summed E-state index contributed by atoms with van der Waals surface area (Å²) in [4.78, 5) is 17.5. The van der Waals surface area contributed by atoms with Crippen molar-refractivity contribution in [3.05, 3.63) is 42.5 Å². The van der Waals surface area contributed by atoms with Crippen molar-refractivity contribution in [2.75, 3.05) is 5.73 Å². The highest BCUT2D eigenvalue weighted by Gasteiger charge is 2.23. The molecule has 2 N–H and O–H groups in total. The first kappa shape index (κ1) is 14.4. The molecule has 3 heterocycles. The summed E-state index contributed by atoms with van der Waals surface area (Å²) in [6.07, 6.45) is 8.03. The number of pyridine rings is 2. The van der Waals surface area contributed by atoms with E-state index in [9.17, 15) is 0 Å². The van der Waals surface area contributed by atoms with Gasteiger partial charge in [0, 0.05) is 29.5 Å². The quantitative estimate of drug-likeness (QED) is 0.801. The molecule has 22 heavy (non-hydrogen) atoms. The van der Waals surface area contributed by atoms with Crippen molar-refractivity contribution in [1.82, 2.24) is 19.9 Å². The Morgan fingerprint density at radius 2 is 1.77 bits per heavy atom. The minimum Gasteiger partial charge on any atom is -0.383 e. The Balaban J connectivity index is 2.26. The Hall–Kier alpha value is -2.56. The van der Waals surface area contributed by atoms with Gasteiger partial charge in [-0.3, -0.25) is 9.97 Å². The SMILES string of the molecule is CCC(C)(C)c1cncc2nc(-c3ccncc3)nc(N)c12. The molecular formula is C17H19N5. The van der Waals surface area contributed by atoms with Crippen molar-refractivity contribution in [3.63, 3.8) is 0 Å². The average Bonchev–Trinajstić information content (AvgIpc) is 2.55. The Morgan fingerprint density at radius 3 is 2.45 bits per heavy atom. The first-order valence-corrected chi connectivity index (χ1v) is 7.35. The van der Waals surface area contributed by atoms with Crippen LogP contribution in [-0.2, 0) is 5.41 Å². The predicted molar refractivity (Wildman–Crippen MR) is 88.3 cm³/mol. The number of rotatable bonds is 3. The van der Waals surface area contributed by atoms with Crippen molar-refractivity contribution in [2.45, 2.75) is 32.6 Å². The van der Waals surface area contributed by atoms with E-state index in [1.807, 2.05) is 18.3 Å². The average molecular weight is 293 g/mol. The van der Waals surface area contributed by atoms with Gasteiger partial charge in [-0.1, -0.05) is 20.8 Å². The molecule has 0 amide bonds. The molecule has 0 saturated heterocycles. The van der Waals surface area contributed by atoms with Crippen LogP contribution in [0.5, 0.6) is 0 Å². The Morgan fingerprint density at radius 1 is 1.05 bits per heavy atom. The van der Waals surface area contributed by atoms with Crippen LogP contribution in [0.2, 0.25) is 0 Å².